The van der Waals surface area contributed by atoms with Crippen molar-refractivity contribution in [3.63, 3.8) is 0 Å². The molecule has 0 aromatic carbocycles. The first kappa shape index (κ1) is 15.0. The predicted molar refractivity (Wildman–Crippen MR) is 89.8 cm³/mol. The van der Waals surface area contributed by atoms with Crippen LogP contribution < -0.4 is 5.32 Å². The van der Waals surface area contributed by atoms with E-state index in [9.17, 15) is 0 Å². The highest BCUT2D eigenvalue weighted by molar-refractivity contribution is 7.80. The van der Waals surface area contributed by atoms with Crippen LogP contribution in [0.2, 0.25) is 0 Å². The molecule has 1 aromatic heterocycles. The van der Waals surface area contributed by atoms with E-state index in [4.69, 9.17) is 17.5 Å². The molecule has 0 saturated heterocycles. The number of nitrogens with one attached hydrogen (secondary N) is 1. The van der Waals surface area contributed by atoms with Gasteiger partial charge in [0.05, 0.1) is 12.5 Å². The lowest BCUT2D eigenvalue weighted by molar-refractivity contribution is 0.395. The fourth-order valence-electron chi connectivity index (χ4n) is 3.35. The highest BCUT2D eigenvalue weighted by Crippen LogP contribution is 2.39. The van der Waals surface area contributed by atoms with E-state index in [1.165, 1.54) is 12.8 Å². The zero-order chi connectivity index (χ0) is 15.4. The van der Waals surface area contributed by atoms with Crippen LogP contribution in [0.3, 0.4) is 0 Å². The average molecular weight is 312 g/mol. The van der Waals surface area contributed by atoms with Crippen molar-refractivity contribution < 1.29 is 0 Å². The van der Waals surface area contributed by atoms with E-state index in [0.717, 1.165) is 16.6 Å². The third-order valence-electron chi connectivity index (χ3n) is 4.46. The van der Waals surface area contributed by atoms with Gasteiger partial charge in [0.25, 0.3) is 0 Å². The van der Waals surface area contributed by atoms with Crippen molar-refractivity contribution in [1.82, 2.24) is 15.2 Å². The summed E-state index contributed by atoms with van der Waals surface area (Å²) in [4.78, 5) is 6.22. The third kappa shape index (κ3) is 3.45. The summed E-state index contributed by atoms with van der Waals surface area (Å²) in [5.41, 5.74) is 1.11. The van der Waals surface area contributed by atoms with E-state index in [2.05, 4.69) is 33.4 Å². The third-order valence-corrected chi connectivity index (χ3v) is 4.84. The Kier molecular flexibility index (Phi) is 4.69. The van der Waals surface area contributed by atoms with Gasteiger partial charge in [-0.05, 0) is 48.5 Å². The Balaban J connectivity index is 1.62. The fourth-order valence-corrected chi connectivity index (χ4v) is 3.65. The lowest BCUT2D eigenvalue weighted by Crippen LogP contribution is -2.46. The number of hydrogen-bond donors (Lipinski definition) is 1. The summed E-state index contributed by atoms with van der Waals surface area (Å²) >= 11 is 5.60. The molecule has 1 saturated carbocycles. The van der Waals surface area contributed by atoms with Gasteiger partial charge >= 0.3 is 0 Å². The van der Waals surface area contributed by atoms with Crippen LogP contribution in [0, 0.1) is 23.2 Å². The summed E-state index contributed by atoms with van der Waals surface area (Å²) in [7, 11) is 0. The van der Waals surface area contributed by atoms with Gasteiger partial charge < -0.3 is 10.2 Å². The van der Waals surface area contributed by atoms with Crippen LogP contribution in [0.5, 0.6) is 0 Å². The molecule has 114 valence electrons. The lowest BCUT2D eigenvalue weighted by Gasteiger charge is -2.29. The number of pyridine rings is 1. The van der Waals surface area contributed by atoms with Crippen molar-refractivity contribution in [2.75, 3.05) is 6.54 Å². The fraction of sp³-hybridized carbons (Fsp3) is 0.471. The molecule has 3 rings (SSSR count). The minimum atomic E-state index is 0.445. The Morgan fingerprint density at radius 3 is 3.00 bits per heavy atom. The normalized spacial score (nSPS) is 25.0. The molecule has 5 heteroatoms. The van der Waals surface area contributed by atoms with Crippen molar-refractivity contribution in [2.45, 2.75) is 31.8 Å². The van der Waals surface area contributed by atoms with Gasteiger partial charge in [-0.15, -0.1) is 0 Å². The molecule has 2 aliphatic carbocycles. The molecule has 0 radical (unpaired) electrons. The molecular weight excluding hydrogens is 292 g/mol. The number of nitriles is 1. The monoisotopic (exact) mass is 312 g/mol. The van der Waals surface area contributed by atoms with Crippen molar-refractivity contribution in [3.8, 4) is 6.07 Å². The Hall–Kier alpha value is -1.93. The molecule has 2 bridgehead atoms. The molecular formula is C17H20N4S. The van der Waals surface area contributed by atoms with Gasteiger partial charge in [0.1, 0.15) is 0 Å². The predicted octanol–water partition coefficient (Wildman–Crippen LogP) is 2.64. The zero-order valence-electron chi connectivity index (χ0n) is 12.5. The van der Waals surface area contributed by atoms with Crippen molar-refractivity contribution in [2.24, 2.45) is 11.8 Å². The summed E-state index contributed by atoms with van der Waals surface area (Å²) in [6, 6.07) is 6.61. The van der Waals surface area contributed by atoms with E-state index in [1.54, 1.807) is 6.20 Å². The van der Waals surface area contributed by atoms with Crippen LogP contribution in [0.25, 0.3) is 0 Å². The van der Waals surface area contributed by atoms with Gasteiger partial charge in [0.15, 0.2) is 5.11 Å². The molecule has 0 spiro atoms. The van der Waals surface area contributed by atoms with Gasteiger partial charge in [0.2, 0.25) is 0 Å². The Morgan fingerprint density at radius 1 is 1.45 bits per heavy atom. The van der Waals surface area contributed by atoms with Crippen LogP contribution in [0.4, 0.5) is 0 Å². The zero-order valence-corrected chi connectivity index (χ0v) is 13.3. The first-order chi connectivity index (χ1) is 10.8. The van der Waals surface area contributed by atoms with E-state index in [-0.39, 0.29) is 0 Å². The Bertz CT molecular complexity index is 592. The van der Waals surface area contributed by atoms with Gasteiger partial charge in [-0.2, -0.15) is 5.26 Å². The molecule has 2 aliphatic rings. The number of fused-ring (bicyclic) bond motifs is 2. The SMILES string of the molecule is N#CCCN(Cc1cccnc1)C(=S)N[C@H]1C[C@@H]2C=C[C@H]1C2. The second-order valence-corrected chi connectivity index (χ2v) is 6.41. The first-order valence-electron chi connectivity index (χ1n) is 7.76. The summed E-state index contributed by atoms with van der Waals surface area (Å²) in [6.45, 7) is 1.34. The van der Waals surface area contributed by atoms with E-state index < -0.39 is 0 Å². The van der Waals surface area contributed by atoms with Crippen molar-refractivity contribution in [1.29, 1.82) is 5.26 Å². The highest BCUT2D eigenvalue weighted by Gasteiger charge is 2.36. The van der Waals surface area contributed by atoms with Crippen molar-refractivity contribution >= 4 is 17.3 Å². The molecule has 0 amide bonds. The van der Waals surface area contributed by atoms with E-state index in [1.807, 2.05) is 18.3 Å². The Labute approximate surface area is 136 Å². The smallest absolute Gasteiger partial charge is 0.169 e. The summed E-state index contributed by atoms with van der Waals surface area (Å²) < 4.78 is 0. The topological polar surface area (TPSA) is 52.0 Å². The molecule has 1 aromatic rings. The largest absolute Gasteiger partial charge is 0.359 e. The van der Waals surface area contributed by atoms with Gasteiger partial charge in [-0.25, -0.2) is 0 Å². The summed E-state index contributed by atoms with van der Waals surface area (Å²) in [5, 5.41) is 13.1. The maximum absolute atomic E-state index is 8.87. The molecule has 22 heavy (non-hydrogen) atoms. The average Bonchev–Trinajstić information content (AvgIpc) is 3.15. The lowest BCUT2D eigenvalue weighted by atomic mass is 10.0. The van der Waals surface area contributed by atoms with Gasteiger partial charge in [-0.3, -0.25) is 4.98 Å². The summed E-state index contributed by atoms with van der Waals surface area (Å²) in [6.07, 6.45) is 11.1. The van der Waals surface area contributed by atoms with Crippen LogP contribution in [-0.2, 0) is 6.54 Å². The van der Waals surface area contributed by atoms with Gasteiger partial charge in [0, 0.05) is 31.5 Å². The first-order valence-corrected chi connectivity index (χ1v) is 8.16. The quantitative estimate of drug-likeness (QED) is 0.669. The maximum Gasteiger partial charge on any atom is 0.169 e. The number of aromatic nitrogens is 1. The molecule has 4 nitrogen and oxygen atoms in total. The minimum Gasteiger partial charge on any atom is -0.359 e. The van der Waals surface area contributed by atoms with E-state index >= 15 is 0 Å². The van der Waals surface area contributed by atoms with Crippen LogP contribution in [0.1, 0.15) is 24.8 Å². The summed E-state index contributed by atoms with van der Waals surface area (Å²) in [5.74, 6) is 1.33. The van der Waals surface area contributed by atoms with Crippen LogP contribution in [0.15, 0.2) is 36.7 Å². The second kappa shape index (κ2) is 6.89. The molecule has 1 N–H and O–H groups in total. The standard InChI is InChI=1S/C17H20N4S/c18-6-2-8-21(12-14-3-1-7-19-11-14)17(22)20-16-10-13-4-5-15(16)9-13/h1,3-5,7,11,13,15-16H,2,8-10,12H2,(H,20,22)/t13-,15+,16+/m1/s1. The molecule has 0 aliphatic heterocycles. The van der Waals surface area contributed by atoms with E-state index in [0.29, 0.717) is 31.5 Å². The Morgan fingerprint density at radius 2 is 2.36 bits per heavy atom. The number of hydrogen-bond acceptors (Lipinski definition) is 3. The molecule has 3 atom stereocenters. The van der Waals surface area contributed by atoms with Crippen LogP contribution >= 0.6 is 12.2 Å². The molecule has 0 unspecified atom stereocenters. The maximum atomic E-state index is 8.87. The number of thiocarbonyl (C=S) groups is 1. The molecule has 1 fully saturated rings. The number of rotatable bonds is 5. The van der Waals surface area contributed by atoms with Crippen LogP contribution in [-0.4, -0.2) is 27.6 Å². The molecule has 1 heterocycles. The number of allylic oxidation sites excluding steroid dienone is 1. The second-order valence-electron chi connectivity index (χ2n) is 6.03. The minimum absolute atomic E-state index is 0.445. The number of nitrogens with zero attached hydrogens (tertiary/aromatic N) is 3. The highest BCUT2D eigenvalue weighted by atomic mass is 32.1. The van der Waals surface area contributed by atoms with Gasteiger partial charge in [-0.1, -0.05) is 18.2 Å². The van der Waals surface area contributed by atoms with Crippen molar-refractivity contribution in [3.05, 3.63) is 42.2 Å².